The average molecular weight is 317 g/mol. The van der Waals surface area contributed by atoms with Crippen LogP contribution < -0.4 is 10.6 Å². The third-order valence-corrected chi connectivity index (χ3v) is 3.67. The summed E-state index contributed by atoms with van der Waals surface area (Å²) in [7, 11) is 0. The molecule has 2 rings (SSSR count). The van der Waals surface area contributed by atoms with Crippen LogP contribution in [0.5, 0.6) is 0 Å². The largest absolute Gasteiger partial charge is 0.348 e. The molecule has 2 amide bonds. The van der Waals surface area contributed by atoms with Crippen LogP contribution in [0.4, 0.5) is 11.4 Å². The molecule has 0 heterocycles. The summed E-state index contributed by atoms with van der Waals surface area (Å²) in [6.45, 7) is 0.384. The van der Waals surface area contributed by atoms with Crippen molar-refractivity contribution in [1.29, 1.82) is 0 Å². The Morgan fingerprint density at radius 3 is 2.65 bits per heavy atom. The molecule has 0 atom stereocenters. The van der Waals surface area contributed by atoms with E-state index < -0.39 is 16.7 Å². The van der Waals surface area contributed by atoms with Gasteiger partial charge in [0.2, 0.25) is 0 Å². The van der Waals surface area contributed by atoms with E-state index in [9.17, 15) is 19.7 Å². The number of carbonyl (C=O) groups is 2. The van der Waals surface area contributed by atoms with Crippen molar-refractivity contribution in [2.24, 2.45) is 0 Å². The molecular formula is C16H19N3O4. The fourth-order valence-electron chi connectivity index (χ4n) is 2.47. The van der Waals surface area contributed by atoms with E-state index in [-0.39, 0.29) is 11.4 Å². The van der Waals surface area contributed by atoms with E-state index in [1.165, 1.54) is 30.2 Å². The molecule has 1 aromatic rings. The van der Waals surface area contributed by atoms with Gasteiger partial charge in [-0.3, -0.25) is 19.7 Å². The quantitative estimate of drug-likeness (QED) is 0.377. The highest BCUT2D eigenvalue weighted by Crippen LogP contribution is 2.23. The molecule has 23 heavy (non-hydrogen) atoms. The highest BCUT2D eigenvalue weighted by Gasteiger charge is 2.19. The van der Waals surface area contributed by atoms with Crippen molar-refractivity contribution in [2.45, 2.75) is 32.1 Å². The molecule has 0 saturated heterocycles. The van der Waals surface area contributed by atoms with E-state index in [1.807, 2.05) is 0 Å². The van der Waals surface area contributed by atoms with Crippen molar-refractivity contribution in [2.75, 3.05) is 11.9 Å². The molecule has 2 N–H and O–H groups in total. The van der Waals surface area contributed by atoms with E-state index >= 15 is 0 Å². The minimum atomic E-state index is -0.906. The van der Waals surface area contributed by atoms with Crippen molar-refractivity contribution in [3.05, 3.63) is 46.0 Å². The number of anilines is 1. The van der Waals surface area contributed by atoms with Gasteiger partial charge in [-0.05, 0) is 38.2 Å². The normalized spacial score (nSPS) is 13.8. The molecule has 7 nitrogen and oxygen atoms in total. The number of carbonyl (C=O) groups excluding carboxylic acids is 2. The van der Waals surface area contributed by atoms with Gasteiger partial charge in [-0.2, -0.15) is 0 Å². The molecule has 0 aliphatic heterocycles. The summed E-state index contributed by atoms with van der Waals surface area (Å²) < 4.78 is 0. The molecule has 0 bridgehead atoms. The zero-order chi connectivity index (χ0) is 16.7. The van der Waals surface area contributed by atoms with Crippen molar-refractivity contribution in [3.63, 3.8) is 0 Å². The van der Waals surface area contributed by atoms with Gasteiger partial charge in [0.25, 0.3) is 5.69 Å². The lowest BCUT2D eigenvalue weighted by molar-refractivity contribution is -0.383. The van der Waals surface area contributed by atoms with Crippen LogP contribution in [-0.4, -0.2) is 23.3 Å². The first-order valence-corrected chi connectivity index (χ1v) is 7.58. The molecule has 0 unspecified atom stereocenters. The number of hydrogen-bond donors (Lipinski definition) is 2. The molecular weight excluding hydrogens is 298 g/mol. The standard InChI is InChI=1S/C16H19N3O4/c20-15(17-11-10-12-6-2-1-3-7-12)16(21)18-13-8-4-5-9-14(13)19(22)23/h4-6,8-9H,1-3,7,10-11H2,(H,17,20)(H,18,21). The Morgan fingerprint density at radius 2 is 1.96 bits per heavy atom. The summed E-state index contributed by atoms with van der Waals surface area (Å²) >= 11 is 0. The summed E-state index contributed by atoms with van der Waals surface area (Å²) in [5.74, 6) is -1.70. The van der Waals surface area contributed by atoms with Gasteiger partial charge in [0, 0.05) is 12.6 Å². The topological polar surface area (TPSA) is 101 Å². The molecule has 0 spiro atoms. The molecule has 0 aromatic heterocycles. The van der Waals surface area contributed by atoms with Gasteiger partial charge in [0.05, 0.1) is 4.92 Å². The van der Waals surface area contributed by atoms with Crippen LogP contribution in [0.25, 0.3) is 0 Å². The first-order chi connectivity index (χ1) is 11.1. The van der Waals surface area contributed by atoms with E-state index in [0.717, 1.165) is 25.7 Å². The molecule has 7 heteroatoms. The number of nitro benzene ring substituents is 1. The summed E-state index contributed by atoms with van der Waals surface area (Å²) in [4.78, 5) is 33.8. The zero-order valence-corrected chi connectivity index (χ0v) is 12.7. The Kier molecular flexibility index (Phi) is 5.85. The Hall–Kier alpha value is -2.70. The van der Waals surface area contributed by atoms with Crippen molar-refractivity contribution >= 4 is 23.2 Å². The Bertz CT molecular complexity index is 640. The minimum absolute atomic E-state index is 0.00707. The fourth-order valence-corrected chi connectivity index (χ4v) is 2.47. The Morgan fingerprint density at radius 1 is 1.17 bits per heavy atom. The van der Waals surface area contributed by atoms with Gasteiger partial charge < -0.3 is 10.6 Å². The number of nitrogens with one attached hydrogen (secondary N) is 2. The van der Waals surface area contributed by atoms with Crippen LogP contribution in [0.1, 0.15) is 32.1 Å². The van der Waals surface area contributed by atoms with Gasteiger partial charge in [0.1, 0.15) is 5.69 Å². The Balaban J connectivity index is 1.84. The second kappa shape index (κ2) is 8.07. The highest BCUT2D eigenvalue weighted by atomic mass is 16.6. The van der Waals surface area contributed by atoms with Crippen LogP contribution >= 0.6 is 0 Å². The number of hydrogen-bond acceptors (Lipinski definition) is 4. The van der Waals surface area contributed by atoms with Crippen molar-refractivity contribution in [1.82, 2.24) is 5.32 Å². The number of para-hydroxylation sites is 2. The van der Waals surface area contributed by atoms with Crippen LogP contribution in [0.15, 0.2) is 35.9 Å². The maximum atomic E-state index is 11.8. The minimum Gasteiger partial charge on any atom is -0.348 e. The summed E-state index contributed by atoms with van der Waals surface area (Å²) in [5, 5.41) is 15.7. The van der Waals surface area contributed by atoms with E-state index in [1.54, 1.807) is 6.07 Å². The number of nitrogens with zero attached hydrogens (tertiary/aromatic N) is 1. The van der Waals surface area contributed by atoms with E-state index in [4.69, 9.17) is 0 Å². The number of nitro groups is 1. The highest BCUT2D eigenvalue weighted by molar-refractivity contribution is 6.39. The van der Waals surface area contributed by atoms with Crippen molar-refractivity contribution < 1.29 is 14.5 Å². The molecule has 122 valence electrons. The molecule has 0 saturated carbocycles. The van der Waals surface area contributed by atoms with E-state index in [2.05, 4.69) is 16.7 Å². The van der Waals surface area contributed by atoms with Gasteiger partial charge in [0.15, 0.2) is 0 Å². The SMILES string of the molecule is O=C(NCCC1=CCCCC1)C(=O)Nc1ccccc1[N+](=O)[O-]. The fraction of sp³-hybridized carbons (Fsp3) is 0.375. The van der Waals surface area contributed by atoms with Crippen LogP contribution in [-0.2, 0) is 9.59 Å². The molecule has 1 aliphatic carbocycles. The van der Waals surface area contributed by atoms with Gasteiger partial charge in [-0.15, -0.1) is 0 Å². The number of benzene rings is 1. The molecule has 0 radical (unpaired) electrons. The van der Waals surface area contributed by atoms with Crippen LogP contribution in [0, 0.1) is 10.1 Å². The third-order valence-electron chi connectivity index (χ3n) is 3.67. The molecule has 1 aromatic carbocycles. The summed E-state index contributed by atoms with van der Waals surface area (Å²) in [6.07, 6.45) is 7.39. The smallest absolute Gasteiger partial charge is 0.313 e. The number of rotatable bonds is 5. The lowest BCUT2D eigenvalue weighted by atomic mass is 9.97. The van der Waals surface area contributed by atoms with E-state index in [0.29, 0.717) is 6.54 Å². The lowest BCUT2D eigenvalue weighted by Crippen LogP contribution is -2.36. The predicted molar refractivity (Wildman–Crippen MR) is 85.9 cm³/mol. The zero-order valence-electron chi connectivity index (χ0n) is 12.7. The molecule has 1 aliphatic rings. The predicted octanol–water partition coefficient (Wildman–Crippen LogP) is 2.54. The Labute approximate surface area is 133 Å². The van der Waals surface area contributed by atoms with Crippen LogP contribution in [0.2, 0.25) is 0 Å². The first kappa shape index (κ1) is 16.7. The monoisotopic (exact) mass is 317 g/mol. The maximum absolute atomic E-state index is 11.8. The summed E-state index contributed by atoms with van der Waals surface area (Å²) in [6, 6.07) is 5.70. The lowest BCUT2D eigenvalue weighted by Gasteiger charge is -2.12. The van der Waals surface area contributed by atoms with Crippen molar-refractivity contribution in [3.8, 4) is 0 Å². The maximum Gasteiger partial charge on any atom is 0.313 e. The third kappa shape index (κ3) is 4.91. The van der Waals surface area contributed by atoms with Gasteiger partial charge >= 0.3 is 11.8 Å². The van der Waals surface area contributed by atoms with Gasteiger partial charge in [-0.1, -0.05) is 23.8 Å². The summed E-state index contributed by atoms with van der Waals surface area (Å²) in [5.41, 5.74) is 1.06. The second-order valence-electron chi connectivity index (χ2n) is 5.34. The first-order valence-electron chi connectivity index (χ1n) is 7.58. The van der Waals surface area contributed by atoms with Crippen LogP contribution in [0.3, 0.4) is 0 Å². The average Bonchev–Trinajstić information content (AvgIpc) is 2.56. The number of allylic oxidation sites excluding steroid dienone is 1. The second-order valence-corrected chi connectivity index (χ2v) is 5.34. The van der Waals surface area contributed by atoms with Gasteiger partial charge in [-0.25, -0.2) is 0 Å². The molecule has 0 fully saturated rings. The number of amides is 2.